The van der Waals surface area contributed by atoms with Crippen molar-refractivity contribution < 1.29 is 9.53 Å². The minimum absolute atomic E-state index is 0.0597. The number of likely N-dealkylation sites (N-methyl/N-ethyl adjacent to an activating group) is 1. The molecule has 1 amide bonds. The lowest BCUT2D eigenvalue weighted by molar-refractivity contribution is -0.133. The van der Waals surface area contributed by atoms with Gasteiger partial charge in [-0.15, -0.1) is 0 Å². The number of ether oxygens (including phenoxy) is 1. The lowest BCUT2D eigenvalue weighted by Gasteiger charge is -2.33. The first kappa shape index (κ1) is 17.6. The predicted molar refractivity (Wildman–Crippen MR) is 92.8 cm³/mol. The van der Waals surface area contributed by atoms with Crippen molar-refractivity contribution in [3.63, 3.8) is 0 Å². The molecule has 0 aromatic carbocycles. The summed E-state index contributed by atoms with van der Waals surface area (Å²) in [5, 5.41) is 8.45. The number of rotatable bonds is 6. The molecule has 1 aliphatic rings. The van der Waals surface area contributed by atoms with Gasteiger partial charge in [0, 0.05) is 51.7 Å². The summed E-state index contributed by atoms with van der Waals surface area (Å²) in [6.07, 6.45) is 7.64. The van der Waals surface area contributed by atoms with Crippen LogP contribution in [0.1, 0.15) is 11.1 Å². The zero-order chi connectivity index (χ0) is 17.8. The maximum Gasteiger partial charge on any atom is 0.236 e. The van der Waals surface area contributed by atoms with Crippen LogP contribution in [0.25, 0.3) is 0 Å². The van der Waals surface area contributed by atoms with Crippen molar-refractivity contribution in [1.82, 2.24) is 29.4 Å². The molecule has 1 aliphatic heterocycles. The van der Waals surface area contributed by atoms with E-state index in [1.54, 1.807) is 15.8 Å². The maximum absolute atomic E-state index is 12.5. The fourth-order valence-corrected chi connectivity index (χ4v) is 3.04. The largest absolute Gasteiger partial charge is 0.374 e. The van der Waals surface area contributed by atoms with Crippen LogP contribution in [0.3, 0.4) is 0 Å². The molecule has 1 saturated heterocycles. The van der Waals surface area contributed by atoms with Gasteiger partial charge in [0.05, 0.1) is 38.2 Å². The van der Waals surface area contributed by atoms with Crippen LogP contribution >= 0.6 is 0 Å². The predicted octanol–water partition coefficient (Wildman–Crippen LogP) is 0.284. The van der Waals surface area contributed by atoms with Crippen LogP contribution in [0.5, 0.6) is 0 Å². The highest BCUT2D eigenvalue weighted by molar-refractivity contribution is 5.78. The number of morpholine rings is 1. The molecule has 0 saturated carbocycles. The van der Waals surface area contributed by atoms with Gasteiger partial charge in [-0.25, -0.2) is 0 Å². The Morgan fingerprint density at radius 3 is 2.88 bits per heavy atom. The van der Waals surface area contributed by atoms with Crippen molar-refractivity contribution in [2.75, 3.05) is 33.3 Å². The lowest BCUT2D eigenvalue weighted by Crippen LogP contribution is -2.48. The monoisotopic (exact) mass is 346 g/mol. The second-order valence-electron chi connectivity index (χ2n) is 6.74. The van der Waals surface area contributed by atoms with E-state index in [-0.39, 0.29) is 12.0 Å². The smallest absolute Gasteiger partial charge is 0.236 e. The van der Waals surface area contributed by atoms with E-state index < -0.39 is 0 Å². The third kappa shape index (κ3) is 4.90. The highest BCUT2D eigenvalue weighted by Gasteiger charge is 2.24. The number of hydrogen-bond donors (Lipinski definition) is 0. The van der Waals surface area contributed by atoms with Crippen molar-refractivity contribution >= 4 is 5.91 Å². The molecule has 0 aliphatic carbocycles. The third-order valence-corrected chi connectivity index (χ3v) is 4.34. The molecular weight excluding hydrogens is 320 g/mol. The van der Waals surface area contributed by atoms with E-state index in [4.69, 9.17) is 4.74 Å². The molecule has 0 radical (unpaired) electrons. The van der Waals surface area contributed by atoms with Crippen LogP contribution in [0.15, 0.2) is 24.8 Å². The quantitative estimate of drug-likeness (QED) is 0.752. The number of hydrogen-bond acceptors (Lipinski definition) is 5. The van der Waals surface area contributed by atoms with Gasteiger partial charge in [0.25, 0.3) is 0 Å². The summed E-state index contributed by atoms with van der Waals surface area (Å²) in [5.41, 5.74) is 2.17. The van der Waals surface area contributed by atoms with Crippen molar-refractivity contribution in [3.8, 4) is 0 Å². The Kier molecular flexibility index (Phi) is 5.50. The van der Waals surface area contributed by atoms with E-state index in [0.717, 1.165) is 24.2 Å². The van der Waals surface area contributed by atoms with Crippen molar-refractivity contribution in [3.05, 3.63) is 35.9 Å². The molecule has 136 valence electrons. The van der Waals surface area contributed by atoms with E-state index in [9.17, 15) is 4.79 Å². The first-order valence-corrected chi connectivity index (χ1v) is 8.54. The van der Waals surface area contributed by atoms with Gasteiger partial charge in [-0.05, 0) is 12.5 Å². The topological polar surface area (TPSA) is 68.4 Å². The normalized spacial score (nSPS) is 18.4. The van der Waals surface area contributed by atoms with Gasteiger partial charge in [-0.1, -0.05) is 0 Å². The van der Waals surface area contributed by atoms with E-state index in [1.165, 1.54) is 0 Å². The van der Waals surface area contributed by atoms with Crippen LogP contribution in [0.4, 0.5) is 0 Å². The summed E-state index contributed by atoms with van der Waals surface area (Å²) >= 11 is 0. The van der Waals surface area contributed by atoms with Crippen LogP contribution < -0.4 is 0 Å². The van der Waals surface area contributed by atoms with Gasteiger partial charge in [0.1, 0.15) is 0 Å². The fourth-order valence-electron chi connectivity index (χ4n) is 3.04. The van der Waals surface area contributed by atoms with Crippen LogP contribution in [0.2, 0.25) is 0 Å². The molecule has 3 rings (SSSR count). The Hall–Kier alpha value is -2.19. The van der Waals surface area contributed by atoms with Crippen molar-refractivity contribution in [1.29, 1.82) is 0 Å². The summed E-state index contributed by atoms with van der Waals surface area (Å²) < 4.78 is 9.47. The maximum atomic E-state index is 12.5. The van der Waals surface area contributed by atoms with E-state index >= 15 is 0 Å². The van der Waals surface area contributed by atoms with Crippen molar-refractivity contribution in [2.45, 2.75) is 26.1 Å². The minimum Gasteiger partial charge on any atom is -0.374 e. The molecule has 1 atom stereocenters. The molecule has 8 nitrogen and oxygen atoms in total. The van der Waals surface area contributed by atoms with E-state index in [2.05, 4.69) is 15.1 Å². The average Bonchev–Trinajstić information content (AvgIpc) is 3.16. The highest BCUT2D eigenvalue weighted by atomic mass is 16.5. The first-order chi connectivity index (χ1) is 12.0. The van der Waals surface area contributed by atoms with Gasteiger partial charge in [-0.3, -0.25) is 19.1 Å². The van der Waals surface area contributed by atoms with Crippen molar-refractivity contribution in [2.24, 2.45) is 7.05 Å². The van der Waals surface area contributed by atoms with Crippen LogP contribution in [-0.4, -0.2) is 74.7 Å². The Morgan fingerprint density at radius 1 is 1.36 bits per heavy atom. The Labute approximate surface area is 148 Å². The molecule has 0 N–H and O–H groups in total. The van der Waals surface area contributed by atoms with Gasteiger partial charge in [0.15, 0.2) is 0 Å². The molecule has 25 heavy (non-hydrogen) atoms. The van der Waals surface area contributed by atoms with Gasteiger partial charge in [0.2, 0.25) is 5.91 Å². The number of aromatic nitrogens is 4. The lowest BCUT2D eigenvalue weighted by atomic mass is 10.2. The summed E-state index contributed by atoms with van der Waals surface area (Å²) in [5.74, 6) is 0.111. The molecule has 0 unspecified atom stereocenters. The molecule has 2 aromatic heterocycles. The summed E-state index contributed by atoms with van der Waals surface area (Å²) in [4.78, 5) is 16.4. The van der Waals surface area contributed by atoms with Crippen LogP contribution in [-0.2, 0) is 29.7 Å². The standard InChI is InChI=1S/C17H26N6O2/c1-14-6-19-23(8-14)12-16-11-22(4-5-25-16)13-17(24)20(2)9-15-7-18-21(3)10-15/h6-8,10,16H,4-5,9,11-13H2,1-3H3/t16-/m1/s1. The molecule has 3 heterocycles. The Balaban J connectivity index is 1.48. The summed E-state index contributed by atoms with van der Waals surface area (Å²) in [6.45, 7) is 5.89. The molecule has 8 heteroatoms. The second-order valence-corrected chi connectivity index (χ2v) is 6.74. The SMILES string of the molecule is Cc1cnn(C[C@H]2CN(CC(=O)N(C)Cc3cnn(C)c3)CCO2)c1. The fraction of sp³-hybridized carbons (Fsp3) is 0.588. The first-order valence-electron chi connectivity index (χ1n) is 8.54. The zero-order valence-electron chi connectivity index (χ0n) is 15.1. The average molecular weight is 346 g/mol. The van der Waals surface area contributed by atoms with E-state index in [1.807, 2.05) is 44.3 Å². The molecule has 0 spiro atoms. The van der Waals surface area contributed by atoms with Gasteiger partial charge in [-0.2, -0.15) is 10.2 Å². The number of aryl methyl sites for hydroxylation is 2. The Morgan fingerprint density at radius 2 is 2.20 bits per heavy atom. The molecule has 2 aromatic rings. The molecular formula is C17H26N6O2. The number of nitrogens with zero attached hydrogens (tertiary/aromatic N) is 6. The third-order valence-electron chi connectivity index (χ3n) is 4.34. The highest BCUT2D eigenvalue weighted by Crippen LogP contribution is 2.09. The Bertz CT molecular complexity index is 710. The molecule has 0 bridgehead atoms. The molecule has 1 fully saturated rings. The van der Waals surface area contributed by atoms with Gasteiger partial charge >= 0.3 is 0 Å². The minimum atomic E-state index is 0.0597. The second kappa shape index (κ2) is 7.79. The number of amides is 1. The van der Waals surface area contributed by atoms with E-state index in [0.29, 0.717) is 26.2 Å². The summed E-state index contributed by atoms with van der Waals surface area (Å²) in [6, 6.07) is 0. The van der Waals surface area contributed by atoms with Crippen LogP contribution in [0, 0.1) is 6.92 Å². The number of carbonyl (C=O) groups excluding carboxylic acids is 1. The number of carbonyl (C=O) groups is 1. The zero-order valence-corrected chi connectivity index (χ0v) is 15.1. The summed E-state index contributed by atoms with van der Waals surface area (Å²) in [7, 11) is 3.71. The van der Waals surface area contributed by atoms with Gasteiger partial charge < -0.3 is 9.64 Å².